The molecule has 2 nitrogen and oxygen atoms in total. The highest BCUT2D eigenvalue weighted by Crippen LogP contribution is 2.33. The summed E-state index contributed by atoms with van der Waals surface area (Å²) in [5.74, 6) is 0. The van der Waals surface area contributed by atoms with Crippen LogP contribution in [0.3, 0.4) is 0 Å². The Morgan fingerprint density at radius 2 is 1.74 bits per heavy atom. The molecule has 1 aliphatic carbocycles. The molecule has 1 aromatic rings. The molecule has 0 bridgehead atoms. The maximum atomic E-state index is 10.3. The molecule has 19 heavy (non-hydrogen) atoms. The number of likely N-dealkylation sites (tertiary alicyclic amines) is 1. The van der Waals surface area contributed by atoms with E-state index in [4.69, 9.17) is 0 Å². The molecule has 2 fully saturated rings. The van der Waals surface area contributed by atoms with Crippen molar-refractivity contribution in [3.05, 3.63) is 30.3 Å². The van der Waals surface area contributed by atoms with Crippen molar-refractivity contribution in [3.8, 4) is 0 Å². The molecule has 0 spiro atoms. The zero-order valence-corrected chi connectivity index (χ0v) is 12.2. The van der Waals surface area contributed by atoms with Crippen molar-refractivity contribution in [1.82, 2.24) is 4.90 Å². The lowest BCUT2D eigenvalue weighted by Crippen LogP contribution is -2.35. The van der Waals surface area contributed by atoms with E-state index < -0.39 is 0 Å². The maximum Gasteiger partial charge on any atom is 0.0801 e. The van der Waals surface area contributed by atoms with Gasteiger partial charge in [-0.1, -0.05) is 37.5 Å². The predicted octanol–water partition coefficient (Wildman–Crippen LogP) is 3.16. The summed E-state index contributed by atoms with van der Waals surface area (Å²) >= 11 is 1.84. The van der Waals surface area contributed by atoms with E-state index in [1.807, 2.05) is 17.8 Å². The monoisotopic (exact) mass is 277 g/mol. The number of β-amino-alcohol motifs (C(OH)–C–C–N with tert-alkyl or cyclic N) is 1. The van der Waals surface area contributed by atoms with Crippen molar-refractivity contribution in [1.29, 1.82) is 0 Å². The minimum absolute atomic E-state index is 0.174. The summed E-state index contributed by atoms with van der Waals surface area (Å²) in [4.78, 5) is 3.81. The van der Waals surface area contributed by atoms with Crippen LogP contribution in [0.15, 0.2) is 35.2 Å². The summed E-state index contributed by atoms with van der Waals surface area (Å²) in [6, 6.07) is 11.2. The lowest BCUT2D eigenvalue weighted by molar-refractivity contribution is 0.143. The molecule has 1 saturated carbocycles. The van der Waals surface area contributed by atoms with E-state index in [1.165, 1.54) is 37.0 Å². The normalized spacial score (nSPS) is 29.7. The molecule has 2 unspecified atom stereocenters. The first-order valence-electron chi connectivity index (χ1n) is 7.47. The van der Waals surface area contributed by atoms with Crippen molar-refractivity contribution >= 4 is 11.8 Å². The number of aliphatic hydroxyl groups is 1. The summed E-state index contributed by atoms with van der Waals surface area (Å²) in [5.41, 5.74) is 0. The van der Waals surface area contributed by atoms with Gasteiger partial charge in [0.1, 0.15) is 0 Å². The molecule has 2 aliphatic rings. The van der Waals surface area contributed by atoms with Gasteiger partial charge in [0.15, 0.2) is 0 Å². The zero-order chi connectivity index (χ0) is 13.1. The summed E-state index contributed by atoms with van der Waals surface area (Å²) in [5, 5.41) is 10.6. The third-order valence-corrected chi connectivity index (χ3v) is 5.70. The number of hydrogen-bond donors (Lipinski definition) is 1. The molecule has 3 heteroatoms. The Labute approximate surface area is 120 Å². The smallest absolute Gasteiger partial charge is 0.0801 e. The second kappa shape index (κ2) is 6.29. The SMILES string of the molecule is OC1CN(C2CCCCC2)CC1Sc1ccccc1. The minimum Gasteiger partial charge on any atom is -0.391 e. The topological polar surface area (TPSA) is 23.5 Å². The summed E-state index contributed by atoms with van der Waals surface area (Å²) in [6.45, 7) is 1.92. The molecule has 0 radical (unpaired) electrons. The van der Waals surface area contributed by atoms with Gasteiger partial charge in [-0.2, -0.15) is 0 Å². The fraction of sp³-hybridized carbons (Fsp3) is 0.625. The third kappa shape index (κ3) is 3.33. The van der Waals surface area contributed by atoms with Crippen LogP contribution in [0.4, 0.5) is 0 Å². The van der Waals surface area contributed by atoms with Crippen LogP contribution in [0, 0.1) is 0 Å². The van der Waals surface area contributed by atoms with Crippen molar-refractivity contribution in [3.63, 3.8) is 0 Å². The average molecular weight is 277 g/mol. The Bertz CT molecular complexity index is 391. The van der Waals surface area contributed by atoms with E-state index >= 15 is 0 Å². The fourth-order valence-electron chi connectivity index (χ4n) is 3.32. The van der Waals surface area contributed by atoms with E-state index in [9.17, 15) is 5.11 Å². The molecule has 1 N–H and O–H groups in total. The summed E-state index contributed by atoms with van der Waals surface area (Å²) in [7, 11) is 0. The highest BCUT2D eigenvalue weighted by atomic mass is 32.2. The molecule has 3 rings (SSSR count). The average Bonchev–Trinajstić information content (AvgIpc) is 2.82. The molecule has 1 heterocycles. The number of hydrogen-bond acceptors (Lipinski definition) is 3. The van der Waals surface area contributed by atoms with Gasteiger partial charge in [0.25, 0.3) is 0 Å². The van der Waals surface area contributed by atoms with Gasteiger partial charge in [0.05, 0.1) is 6.10 Å². The van der Waals surface area contributed by atoms with Crippen LogP contribution in [0.25, 0.3) is 0 Å². The molecule has 104 valence electrons. The van der Waals surface area contributed by atoms with Crippen LogP contribution in [-0.4, -0.2) is 40.5 Å². The van der Waals surface area contributed by atoms with Crippen LogP contribution < -0.4 is 0 Å². The molecular weight excluding hydrogens is 254 g/mol. The maximum absolute atomic E-state index is 10.3. The minimum atomic E-state index is -0.174. The predicted molar refractivity (Wildman–Crippen MR) is 80.5 cm³/mol. The van der Waals surface area contributed by atoms with Crippen LogP contribution in [-0.2, 0) is 0 Å². The number of nitrogens with zero attached hydrogens (tertiary/aromatic N) is 1. The van der Waals surface area contributed by atoms with Gasteiger partial charge in [0, 0.05) is 29.3 Å². The van der Waals surface area contributed by atoms with E-state index in [2.05, 4.69) is 29.2 Å². The second-order valence-corrected chi connectivity index (χ2v) is 7.10. The van der Waals surface area contributed by atoms with Crippen LogP contribution >= 0.6 is 11.8 Å². The number of thioether (sulfide) groups is 1. The van der Waals surface area contributed by atoms with Crippen molar-refractivity contribution in [2.75, 3.05) is 13.1 Å². The van der Waals surface area contributed by atoms with Crippen LogP contribution in [0.2, 0.25) is 0 Å². The summed E-state index contributed by atoms with van der Waals surface area (Å²) < 4.78 is 0. The van der Waals surface area contributed by atoms with Gasteiger partial charge in [0.2, 0.25) is 0 Å². The van der Waals surface area contributed by atoms with E-state index in [1.54, 1.807) is 0 Å². The van der Waals surface area contributed by atoms with E-state index in [0.29, 0.717) is 5.25 Å². The van der Waals surface area contributed by atoms with Gasteiger partial charge < -0.3 is 5.11 Å². The van der Waals surface area contributed by atoms with Crippen molar-refractivity contribution in [2.24, 2.45) is 0 Å². The largest absolute Gasteiger partial charge is 0.391 e. The first-order chi connectivity index (χ1) is 9.33. The van der Waals surface area contributed by atoms with Crippen LogP contribution in [0.5, 0.6) is 0 Å². The Hall–Kier alpha value is -0.510. The van der Waals surface area contributed by atoms with Gasteiger partial charge in [-0.15, -0.1) is 11.8 Å². The van der Waals surface area contributed by atoms with Crippen LogP contribution in [0.1, 0.15) is 32.1 Å². The first kappa shape index (κ1) is 13.5. The Balaban J connectivity index is 1.58. The standard InChI is InChI=1S/C16H23NOS/c18-15-11-17(13-7-3-1-4-8-13)12-16(15)19-14-9-5-2-6-10-14/h2,5-6,9-10,13,15-16,18H,1,3-4,7-8,11-12H2. The number of benzene rings is 1. The van der Waals surface area contributed by atoms with E-state index in [-0.39, 0.29) is 6.10 Å². The fourth-order valence-corrected chi connectivity index (χ4v) is 4.49. The lowest BCUT2D eigenvalue weighted by Gasteiger charge is -2.30. The van der Waals surface area contributed by atoms with Gasteiger partial charge >= 0.3 is 0 Å². The highest BCUT2D eigenvalue weighted by Gasteiger charge is 2.35. The molecule has 0 aromatic heterocycles. The Morgan fingerprint density at radius 3 is 2.47 bits per heavy atom. The molecule has 1 aromatic carbocycles. The Kier molecular flexibility index (Phi) is 4.46. The zero-order valence-electron chi connectivity index (χ0n) is 11.4. The first-order valence-corrected chi connectivity index (χ1v) is 8.35. The molecule has 2 atom stereocenters. The molecule has 1 aliphatic heterocycles. The van der Waals surface area contributed by atoms with E-state index in [0.717, 1.165) is 19.1 Å². The highest BCUT2D eigenvalue weighted by molar-refractivity contribution is 8.00. The van der Waals surface area contributed by atoms with Crippen molar-refractivity contribution < 1.29 is 5.11 Å². The summed E-state index contributed by atoms with van der Waals surface area (Å²) in [6.07, 6.45) is 6.62. The Morgan fingerprint density at radius 1 is 1.00 bits per heavy atom. The van der Waals surface area contributed by atoms with Gasteiger partial charge in [-0.05, 0) is 25.0 Å². The second-order valence-electron chi connectivity index (χ2n) is 5.78. The van der Waals surface area contributed by atoms with Gasteiger partial charge in [-0.25, -0.2) is 0 Å². The van der Waals surface area contributed by atoms with Gasteiger partial charge in [-0.3, -0.25) is 4.90 Å². The number of aliphatic hydroxyl groups excluding tert-OH is 1. The quantitative estimate of drug-likeness (QED) is 0.918. The molecular formula is C16H23NOS. The molecule has 0 amide bonds. The third-order valence-electron chi connectivity index (χ3n) is 4.39. The molecule has 1 saturated heterocycles. The van der Waals surface area contributed by atoms with Crippen molar-refractivity contribution in [2.45, 2.75) is 54.4 Å². The lowest BCUT2D eigenvalue weighted by atomic mass is 9.94. The number of rotatable bonds is 3.